The first-order chi connectivity index (χ1) is 11.7. The molecule has 1 aromatic carbocycles. The first kappa shape index (κ1) is 19.4. The fourth-order valence-electron chi connectivity index (χ4n) is 2.76. The molecule has 1 heterocycles. The molecule has 1 aromatic heterocycles. The average molecular weight is 456 g/mol. The summed E-state index contributed by atoms with van der Waals surface area (Å²) in [5.41, 5.74) is 6.62. The largest absolute Gasteiger partial charge is 0.453 e. The van der Waals surface area contributed by atoms with Gasteiger partial charge in [0, 0.05) is 12.2 Å². The van der Waals surface area contributed by atoms with Crippen LogP contribution in [0.5, 0.6) is 11.5 Å². The number of ether oxygens (including phenoxy) is 1. The number of halogens is 2. The molecule has 1 fully saturated rings. The van der Waals surface area contributed by atoms with Crippen molar-refractivity contribution in [1.29, 1.82) is 0 Å². The third-order valence-corrected chi connectivity index (χ3v) is 4.00. The van der Waals surface area contributed by atoms with Crippen molar-refractivity contribution in [2.24, 2.45) is 10.7 Å². The second kappa shape index (κ2) is 9.55. The molecular weight excluding hydrogens is 434 g/mol. The smallest absolute Gasteiger partial charge is 0.189 e. The summed E-state index contributed by atoms with van der Waals surface area (Å²) in [6.45, 7) is 0.329. The minimum absolute atomic E-state index is 0. The molecule has 1 aliphatic carbocycles. The zero-order valence-corrected chi connectivity index (χ0v) is 16.2. The van der Waals surface area contributed by atoms with E-state index in [0.717, 1.165) is 18.4 Å². The Morgan fingerprint density at radius 2 is 2.12 bits per heavy atom. The van der Waals surface area contributed by atoms with E-state index in [9.17, 15) is 4.39 Å². The van der Waals surface area contributed by atoms with Gasteiger partial charge in [-0.25, -0.2) is 9.38 Å². The molecule has 0 amide bonds. The van der Waals surface area contributed by atoms with E-state index in [0.29, 0.717) is 24.3 Å². The van der Waals surface area contributed by atoms with Gasteiger partial charge in [0.1, 0.15) is 5.75 Å². The lowest BCUT2D eigenvalue weighted by Gasteiger charge is -2.12. The van der Waals surface area contributed by atoms with Crippen LogP contribution in [0.3, 0.4) is 0 Å². The molecule has 3 N–H and O–H groups in total. The standard InChI is InChI=1S/C18H21FN4O.HI/c19-16-10-13(11-22-18(20)23-14-4-1-2-5-14)7-8-17(16)24-15-6-3-9-21-12-15;/h3,6-10,12,14H,1-2,4-5,11H2,(H3,20,22,23);1H. The van der Waals surface area contributed by atoms with Gasteiger partial charge in [-0.1, -0.05) is 18.9 Å². The van der Waals surface area contributed by atoms with Gasteiger partial charge in [0.2, 0.25) is 0 Å². The van der Waals surface area contributed by atoms with Crippen LogP contribution in [0.15, 0.2) is 47.7 Å². The molecule has 1 saturated carbocycles. The monoisotopic (exact) mass is 456 g/mol. The van der Waals surface area contributed by atoms with Gasteiger partial charge in [-0.05, 0) is 42.7 Å². The van der Waals surface area contributed by atoms with Crippen molar-refractivity contribution in [1.82, 2.24) is 10.3 Å². The molecule has 1 aliphatic rings. The number of nitrogens with two attached hydrogens (primary N) is 1. The van der Waals surface area contributed by atoms with Gasteiger partial charge in [-0.15, -0.1) is 24.0 Å². The van der Waals surface area contributed by atoms with Crippen molar-refractivity contribution in [2.75, 3.05) is 0 Å². The van der Waals surface area contributed by atoms with Crippen LogP contribution in [-0.4, -0.2) is 17.0 Å². The fraction of sp³-hybridized carbons (Fsp3) is 0.333. The van der Waals surface area contributed by atoms with Crippen LogP contribution in [0, 0.1) is 5.82 Å². The number of pyridine rings is 1. The van der Waals surface area contributed by atoms with Crippen molar-refractivity contribution >= 4 is 29.9 Å². The van der Waals surface area contributed by atoms with Gasteiger partial charge < -0.3 is 15.8 Å². The van der Waals surface area contributed by atoms with Crippen LogP contribution >= 0.6 is 24.0 Å². The van der Waals surface area contributed by atoms with Crippen molar-refractivity contribution < 1.29 is 9.13 Å². The first-order valence-corrected chi connectivity index (χ1v) is 8.13. The minimum atomic E-state index is -0.436. The van der Waals surface area contributed by atoms with Crippen LogP contribution in [0.2, 0.25) is 0 Å². The third-order valence-electron chi connectivity index (χ3n) is 4.00. The average Bonchev–Trinajstić information content (AvgIpc) is 3.09. The highest BCUT2D eigenvalue weighted by atomic mass is 127. The van der Waals surface area contributed by atoms with Crippen LogP contribution in [0.1, 0.15) is 31.2 Å². The Bertz CT molecular complexity index is 705. The van der Waals surface area contributed by atoms with E-state index in [1.807, 2.05) is 0 Å². The highest BCUT2D eigenvalue weighted by Crippen LogP contribution is 2.24. The Balaban J connectivity index is 0.00000225. The molecule has 0 unspecified atom stereocenters. The number of aromatic nitrogens is 1. The highest BCUT2D eigenvalue weighted by molar-refractivity contribution is 14.0. The predicted octanol–water partition coefficient (Wildman–Crippen LogP) is 3.98. The molecule has 3 rings (SSSR count). The number of hydrogen-bond acceptors (Lipinski definition) is 3. The number of guanidine groups is 1. The summed E-state index contributed by atoms with van der Waals surface area (Å²) in [4.78, 5) is 8.21. The molecule has 5 nitrogen and oxygen atoms in total. The second-order valence-corrected chi connectivity index (χ2v) is 5.88. The highest BCUT2D eigenvalue weighted by Gasteiger charge is 2.14. The molecule has 0 spiro atoms. The first-order valence-electron chi connectivity index (χ1n) is 8.13. The maximum Gasteiger partial charge on any atom is 0.189 e. The second-order valence-electron chi connectivity index (χ2n) is 5.88. The van der Waals surface area contributed by atoms with Crippen LogP contribution in [-0.2, 0) is 6.54 Å². The van der Waals surface area contributed by atoms with E-state index in [2.05, 4.69) is 15.3 Å². The normalized spacial score (nSPS) is 14.8. The molecule has 0 atom stereocenters. The van der Waals surface area contributed by atoms with E-state index in [1.165, 1.54) is 25.1 Å². The van der Waals surface area contributed by atoms with Crippen molar-refractivity contribution in [3.63, 3.8) is 0 Å². The zero-order valence-electron chi connectivity index (χ0n) is 13.8. The lowest BCUT2D eigenvalue weighted by Crippen LogP contribution is -2.38. The lowest BCUT2D eigenvalue weighted by molar-refractivity contribution is 0.440. The van der Waals surface area contributed by atoms with E-state index < -0.39 is 5.82 Å². The zero-order chi connectivity index (χ0) is 16.8. The number of aliphatic imine (C=N–C) groups is 1. The molecule has 0 aliphatic heterocycles. The lowest BCUT2D eigenvalue weighted by atomic mass is 10.2. The van der Waals surface area contributed by atoms with Crippen LogP contribution in [0.4, 0.5) is 4.39 Å². The van der Waals surface area contributed by atoms with Gasteiger partial charge in [-0.3, -0.25) is 4.98 Å². The number of hydrogen-bond donors (Lipinski definition) is 2. The Kier molecular flexibility index (Phi) is 7.42. The Labute approximate surface area is 163 Å². The molecule has 134 valence electrons. The Morgan fingerprint density at radius 1 is 1.32 bits per heavy atom. The summed E-state index contributed by atoms with van der Waals surface area (Å²) in [6, 6.07) is 8.66. The molecule has 0 saturated heterocycles. The summed E-state index contributed by atoms with van der Waals surface area (Å²) in [6.07, 6.45) is 7.89. The third kappa shape index (κ3) is 5.84. The van der Waals surface area contributed by atoms with E-state index in [1.54, 1.807) is 30.5 Å². The molecule has 25 heavy (non-hydrogen) atoms. The topological polar surface area (TPSA) is 72.5 Å². The fourth-order valence-corrected chi connectivity index (χ4v) is 2.76. The molecular formula is C18H22FIN4O. The van der Waals surface area contributed by atoms with Gasteiger partial charge in [-0.2, -0.15) is 0 Å². The van der Waals surface area contributed by atoms with Crippen LogP contribution < -0.4 is 15.8 Å². The maximum absolute atomic E-state index is 14.1. The summed E-state index contributed by atoms with van der Waals surface area (Å²) in [5.74, 6) is 0.631. The van der Waals surface area contributed by atoms with Crippen LogP contribution in [0.25, 0.3) is 0 Å². The van der Waals surface area contributed by atoms with Crippen molar-refractivity contribution in [3.05, 3.63) is 54.1 Å². The van der Waals surface area contributed by atoms with E-state index in [-0.39, 0.29) is 29.7 Å². The Morgan fingerprint density at radius 3 is 2.80 bits per heavy atom. The van der Waals surface area contributed by atoms with Gasteiger partial charge in [0.15, 0.2) is 17.5 Å². The summed E-state index contributed by atoms with van der Waals surface area (Å²) >= 11 is 0. The maximum atomic E-state index is 14.1. The SMILES string of the molecule is I.NC(=NCc1ccc(Oc2cccnc2)c(F)c1)NC1CCCC1. The molecule has 0 radical (unpaired) electrons. The van der Waals surface area contributed by atoms with Gasteiger partial charge in [0.25, 0.3) is 0 Å². The summed E-state index contributed by atoms with van der Waals surface area (Å²) < 4.78 is 19.6. The minimum Gasteiger partial charge on any atom is -0.453 e. The Hall–Kier alpha value is -1.90. The molecule has 7 heteroatoms. The summed E-state index contributed by atoms with van der Waals surface area (Å²) in [5, 5.41) is 3.21. The van der Waals surface area contributed by atoms with E-state index in [4.69, 9.17) is 10.5 Å². The number of rotatable bonds is 5. The quantitative estimate of drug-likeness (QED) is 0.406. The van der Waals surface area contributed by atoms with Gasteiger partial charge >= 0.3 is 0 Å². The molecule has 2 aromatic rings. The van der Waals surface area contributed by atoms with Crippen molar-refractivity contribution in [3.8, 4) is 11.5 Å². The van der Waals surface area contributed by atoms with E-state index >= 15 is 0 Å². The van der Waals surface area contributed by atoms with Crippen molar-refractivity contribution in [2.45, 2.75) is 38.3 Å². The predicted molar refractivity (Wildman–Crippen MR) is 107 cm³/mol. The number of nitrogens with zero attached hydrogens (tertiary/aromatic N) is 2. The molecule has 0 bridgehead atoms. The van der Waals surface area contributed by atoms with Gasteiger partial charge in [0.05, 0.1) is 12.7 Å². The number of nitrogens with one attached hydrogen (secondary N) is 1. The summed E-state index contributed by atoms with van der Waals surface area (Å²) in [7, 11) is 0. The number of benzene rings is 1.